The summed E-state index contributed by atoms with van der Waals surface area (Å²) in [5.74, 6) is -1.75. The Labute approximate surface area is 180 Å². The van der Waals surface area contributed by atoms with Crippen LogP contribution in [0.25, 0.3) is 21.5 Å². The molecule has 30 heavy (non-hydrogen) atoms. The zero-order valence-corrected chi connectivity index (χ0v) is 17.0. The molecule has 4 aromatic rings. The van der Waals surface area contributed by atoms with Crippen LogP contribution >= 0.6 is 22.9 Å². The lowest BCUT2D eigenvalue weighted by atomic mass is 10.1. The minimum absolute atomic E-state index is 0.0513. The molecule has 2 heterocycles. The van der Waals surface area contributed by atoms with Gasteiger partial charge < -0.3 is 10.1 Å². The number of esters is 1. The van der Waals surface area contributed by atoms with Crippen molar-refractivity contribution in [3.63, 3.8) is 0 Å². The topological polar surface area (TPSA) is 68.3 Å². The van der Waals surface area contributed by atoms with Crippen molar-refractivity contribution < 1.29 is 18.7 Å². The second-order valence-corrected chi connectivity index (χ2v) is 7.65. The first-order chi connectivity index (χ1) is 14.5. The second-order valence-electron chi connectivity index (χ2n) is 6.30. The summed E-state index contributed by atoms with van der Waals surface area (Å²) >= 11 is 7.40. The van der Waals surface area contributed by atoms with Crippen molar-refractivity contribution in [2.75, 3.05) is 11.9 Å². The first kappa shape index (κ1) is 20.0. The molecule has 0 radical (unpaired) electrons. The Morgan fingerprint density at radius 3 is 2.70 bits per heavy atom. The molecule has 5 nitrogen and oxygen atoms in total. The normalized spacial score (nSPS) is 10.7. The van der Waals surface area contributed by atoms with E-state index in [0.29, 0.717) is 22.2 Å². The molecule has 0 aliphatic heterocycles. The fourth-order valence-electron chi connectivity index (χ4n) is 2.88. The number of amides is 1. The number of carbonyl (C=O) groups excluding carboxylic acids is 2. The van der Waals surface area contributed by atoms with Crippen LogP contribution in [-0.4, -0.2) is 23.5 Å². The van der Waals surface area contributed by atoms with Gasteiger partial charge in [0.15, 0.2) is 6.61 Å². The van der Waals surface area contributed by atoms with E-state index in [4.69, 9.17) is 16.3 Å². The summed E-state index contributed by atoms with van der Waals surface area (Å²) in [4.78, 5) is 30.4. The van der Waals surface area contributed by atoms with Gasteiger partial charge in [-0.05, 0) is 41.8 Å². The number of hydrogen-bond donors (Lipinski definition) is 1. The molecule has 0 saturated heterocycles. The van der Waals surface area contributed by atoms with E-state index in [-0.39, 0.29) is 10.7 Å². The minimum atomic E-state index is -0.647. The number of fused-ring (bicyclic) bond motifs is 1. The third-order valence-electron chi connectivity index (χ3n) is 4.25. The number of nitrogens with zero attached hydrogens (tertiary/aromatic N) is 1. The first-order valence-electron chi connectivity index (χ1n) is 8.87. The van der Waals surface area contributed by atoms with Crippen LogP contribution in [0.4, 0.5) is 10.1 Å². The fourth-order valence-corrected chi connectivity index (χ4v) is 3.78. The van der Waals surface area contributed by atoms with Gasteiger partial charge in [0.05, 0.1) is 32.4 Å². The van der Waals surface area contributed by atoms with Gasteiger partial charge in [-0.3, -0.25) is 4.79 Å². The summed E-state index contributed by atoms with van der Waals surface area (Å²) in [6.07, 6.45) is 0. The monoisotopic (exact) mass is 440 g/mol. The van der Waals surface area contributed by atoms with Gasteiger partial charge in [0.2, 0.25) is 0 Å². The molecule has 0 atom stereocenters. The smallest absolute Gasteiger partial charge is 0.339 e. The number of aromatic nitrogens is 1. The summed E-state index contributed by atoms with van der Waals surface area (Å²) < 4.78 is 18.3. The highest BCUT2D eigenvalue weighted by Crippen LogP contribution is 2.28. The summed E-state index contributed by atoms with van der Waals surface area (Å²) in [5.41, 5.74) is 1.85. The highest BCUT2D eigenvalue weighted by atomic mass is 35.5. The highest BCUT2D eigenvalue weighted by Gasteiger charge is 2.17. The zero-order valence-electron chi connectivity index (χ0n) is 15.4. The number of rotatable bonds is 5. The molecule has 2 aromatic heterocycles. The number of anilines is 1. The quantitative estimate of drug-likeness (QED) is 0.413. The zero-order chi connectivity index (χ0) is 21.1. The van der Waals surface area contributed by atoms with Crippen LogP contribution in [0.5, 0.6) is 0 Å². The molecule has 0 saturated carbocycles. The van der Waals surface area contributed by atoms with Gasteiger partial charge in [-0.25, -0.2) is 14.2 Å². The van der Waals surface area contributed by atoms with Crippen LogP contribution < -0.4 is 5.32 Å². The Bertz CT molecular complexity index is 1240. The summed E-state index contributed by atoms with van der Waals surface area (Å²) in [6.45, 7) is -0.516. The van der Waals surface area contributed by atoms with E-state index < -0.39 is 24.3 Å². The molecule has 8 heteroatoms. The highest BCUT2D eigenvalue weighted by molar-refractivity contribution is 7.13. The van der Waals surface area contributed by atoms with E-state index in [9.17, 15) is 14.0 Å². The third-order valence-corrected chi connectivity index (χ3v) is 5.45. The Morgan fingerprint density at radius 1 is 1.10 bits per heavy atom. The number of ether oxygens (including phenoxy) is 1. The largest absolute Gasteiger partial charge is 0.452 e. The van der Waals surface area contributed by atoms with E-state index in [0.717, 1.165) is 10.9 Å². The number of thiophene rings is 1. The molecule has 0 aliphatic rings. The predicted molar refractivity (Wildman–Crippen MR) is 115 cm³/mol. The number of halogens is 2. The lowest BCUT2D eigenvalue weighted by Gasteiger charge is -2.10. The lowest BCUT2D eigenvalue weighted by molar-refractivity contribution is -0.119. The molecule has 0 unspecified atom stereocenters. The van der Waals surface area contributed by atoms with Crippen molar-refractivity contribution in [3.05, 3.63) is 82.4 Å². The number of pyridine rings is 1. The van der Waals surface area contributed by atoms with Crippen LogP contribution in [-0.2, 0) is 9.53 Å². The SMILES string of the molecule is O=C(COC(=O)c1cc(-c2cccs2)nc2ccccc12)Nc1ccc(F)cc1Cl. The van der Waals surface area contributed by atoms with E-state index in [1.165, 1.54) is 23.5 Å². The van der Waals surface area contributed by atoms with Gasteiger partial charge in [-0.1, -0.05) is 35.9 Å². The standard InChI is InChI=1S/C22H14ClFN2O3S/c23-16-10-13(24)7-8-18(16)26-21(27)12-29-22(28)15-11-19(20-6-3-9-30-20)25-17-5-2-1-4-14(15)17/h1-11H,12H2,(H,26,27). The third kappa shape index (κ3) is 4.32. The van der Waals surface area contributed by atoms with Crippen LogP contribution in [0.3, 0.4) is 0 Å². The molecule has 1 amide bonds. The number of para-hydroxylation sites is 1. The number of hydrogen-bond acceptors (Lipinski definition) is 5. The van der Waals surface area contributed by atoms with E-state index in [1.807, 2.05) is 29.6 Å². The maximum atomic E-state index is 13.1. The summed E-state index contributed by atoms with van der Waals surface area (Å²) in [6, 6.07) is 16.3. The van der Waals surface area contributed by atoms with Crippen molar-refractivity contribution in [3.8, 4) is 10.6 Å². The van der Waals surface area contributed by atoms with Crippen molar-refractivity contribution in [2.24, 2.45) is 0 Å². The van der Waals surface area contributed by atoms with Gasteiger partial charge in [-0.15, -0.1) is 11.3 Å². The molecular weight excluding hydrogens is 427 g/mol. The summed E-state index contributed by atoms with van der Waals surface area (Å²) in [7, 11) is 0. The van der Waals surface area contributed by atoms with Gasteiger partial charge in [0.25, 0.3) is 5.91 Å². The fraction of sp³-hybridized carbons (Fsp3) is 0.0455. The summed E-state index contributed by atoms with van der Waals surface area (Å²) in [5, 5.41) is 5.10. The number of carbonyl (C=O) groups is 2. The lowest BCUT2D eigenvalue weighted by Crippen LogP contribution is -2.21. The van der Waals surface area contributed by atoms with Crippen molar-refractivity contribution in [1.29, 1.82) is 0 Å². The van der Waals surface area contributed by atoms with E-state index >= 15 is 0 Å². The molecule has 150 valence electrons. The predicted octanol–water partition coefficient (Wildman–Crippen LogP) is 5.55. The van der Waals surface area contributed by atoms with Crippen LogP contribution in [0, 0.1) is 5.82 Å². The molecule has 1 N–H and O–H groups in total. The molecular formula is C22H14ClFN2O3S. The number of benzene rings is 2. The van der Waals surface area contributed by atoms with Crippen molar-refractivity contribution in [2.45, 2.75) is 0 Å². The Hall–Kier alpha value is -3.29. The first-order valence-corrected chi connectivity index (χ1v) is 10.1. The second kappa shape index (κ2) is 8.61. The Balaban J connectivity index is 1.53. The van der Waals surface area contributed by atoms with Gasteiger partial charge in [-0.2, -0.15) is 0 Å². The van der Waals surface area contributed by atoms with Gasteiger partial charge in [0, 0.05) is 5.39 Å². The van der Waals surface area contributed by atoms with E-state index in [2.05, 4.69) is 10.3 Å². The molecule has 0 aliphatic carbocycles. The van der Waals surface area contributed by atoms with Gasteiger partial charge in [0.1, 0.15) is 5.82 Å². The molecule has 0 fully saturated rings. The van der Waals surface area contributed by atoms with Crippen LogP contribution in [0.1, 0.15) is 10.4 Å². The molecule has 2 aromatic carbocycles. The molecule has 0 bridgehead atoms. The maximum absolute atomic E-state index is 13.1. The van der Waals surface area contributed by atoms with Crippen molar-refractivity contribution in [1.82, 2.24) is 4.98 Å². The van der Waals surface area contributed by atoms with E-state index in [1.54, 1.807) is 18.2 Å². The van der Waals surface area contributed by atoms with Crippen LogP contribution in [0.2, 0.25) is 5.02 Å². The minimum Gasteiger partial charge on any atom is -0.452 e. The average molecular weight is 441 g/mol. The number of nitrogens with one attached hydrogen (secondary N) is 1. The maximum Gasteiger partial charge on any atom is 0.339 e. The van der Waals surface area contributed by atoms with Gasteiger partial charge >= 0.3 is 5.97 Å². The average Bonchev–Trinajstić information content (AvgIpc) is 3.28. The van der Waals surface area contributed by atoms with Crippen LogP contribution in [0.15, 0.2) is 66.0 Å². The van der Waals surface area contributed by atoms with Crippen molar-refractivity contribution >= 4 is 51.4 Å². The Morgan fingerprint density at radius 2 is 1.93 bits per heavy atom. The Kier molecular flexibility index (Phi) is 5.74. The molecule has 0 spiro atoms. The molecule has 4 rings (SSSR count).